The number of aryl methyl sites for hydroxylation is 1. The Morgan fingerprint density at radius 1 is 1.18 bits per heavy atom. The molecule has 4 heteroatoms. The molecule has 1 aromatic carbocycles. The summed E-state index contributed by atoms with van der Waals surface area (Å²) < 4.78 is 0. The number of hydrogen-bond acceptors (Lipinski definition) is 3. The molecule has 1 atom stereocenters. The largest absolute Gasteiger partial charge is 0.357 e. The summed E-state index contributed by atoms with van der Waals surface area (Å²) in [6.45, 7) is 14.4. The van der Waals surface area contributed by atoms with Crippen LogP contribution in [0.15, 0.2) is 70.4 Å². The highest BCUT2D eigenvalue weighted by atomic mass is 16.1. The second-order valence-electron chi connectivity index (χ2n) is 7.74. The summed E-state index contributed by atoms with van der Waals surface area (Å²) in [5.74, 6) is -0.0792. The van der Waals surface area contributed by atoms with Crippen molar-refractivity contribution in [3.63, 3.8) is 0 Å². The highest BCUT2D eigenvalue weighted by Crippen LogP contribution is 2.31. The van der Waals surface area contributed by atoms with Crippen LogP contribution in [0.5, 0.6) is 0 Å². The first kappa shape index (κ1) is 21.4. The molecule has 2 N–H and O–H groups in total. The van der Waals surface area contributed by atoms with Gasteiger partial charge in [-0.2, -0.15) is 0 Å². The van der Waals surface area contributed by atoms with Gasteiger partial charge < -0.3 is 10.6 Å². The van der Waals surface area contributed by atoms with Crippen LogP contribution in [-0.2, 0) is 0 Å². The fraction of sp³-hybridized carbons (Fsp3) is 0.333. The lowest BCUT2D eigenvalue weighted by molar-refractivity contribution is 0.0923. The van der Waals surface area contributed by atoms with E-state index in [4.69, 9.17) is 0 Å². The zero-order valence-electron chi connectivity index (χ0n) is 17.8. The van der Waals surface area contributed by atoms with Crippen molar-refractivity contribution in [3.8, 4) is 0 Å². The summed E-state index contributed by atoms with van der Waals surface area (Å²) in [4.78, 5) is 16.8. The highest BCUT2D eigenvalue weighted by Gasteiger charge is 2.34. The van der Waals surface area contributed by atoms with Crippen LogP contribution in [0.1, 0.15) is 50.0 Å². The number of aliphatic imine (C=N–C) groups is 1. The van der Waals surface area contributed by atoms with Crippen LogP contribution in [0.4, 0.5) is 5.69 Å². The predicted molar refractivity (Wildman–Crippen MR) is 120 cm³/mol. The Morgan fingerprint density at radius 2 is 1.86 bits per heavy atom. The average molecular weight is 378 g/mol. The molecule has 1 aliphatic rings. The number of hydrogen-bond donors (Lipinski definition) is 2. The lowest BCUT2D eigenvalue weighted by Gasteiger charge is -2.31. The molecule has 0 unspecified atom stereocenters. The van der Waals surface area contributed by atoms with E-state index in [-0.39, 0.29) is 5.91 Å². The second kappa shape index (κ2) is 8.87. The van der Waals surface area contributed by atoms with Gasteiger partial charge in [-0.3, -0.25) is 9.79 Å². The van der Waals surface area contributed by atoms with Crippen LogP contribution in [-0.4, -0.2) is 24.7 Å². The minimum Gasteiger partial charge on any atom is -0.357 e. The van der Waals surface area contributed by atoms with Gasteiger partial charge >= 0.3 is 0 Å². The molecule has 0 saturated heterocycles. The monoisotopic (exact) mass is 377 g/mol. The number of carbonyl (C=O) groups is 1. The van der Waals surface area contributed by atoms with E-state index in [9.17, 15) is 4.79 Å². The molecule has 0 fully saturated rings. The molecule has 0 radical (unpaired) electrons. The summed E-state index contributed by atoms with van der Waals surface area (Å²) in [6.07, 6.45) is 8.65. The third kappa shape index (κ3) is 5.10. The zero-order valence-corrected chi connectivity index (χ0v) is 17.8. The van der Waals surface area contributed by atoms with Crippen LogP contribution in [0.2, 0.25) is 0 Å². The van der Waals surface area contributed by atoms with Crippen LogP contribution in [0.25, 0.3) is 0 Å². The van der Waals surface area contributed by atoms with E-state index in [1.165, 1.54) is 11.1 Å². The van der Waals surface area contributed by atoms with Crippen molar-refractivity contribution in [3.05, 3.63) is 76.5 Å². The number of nitrogens with zero attached hydrogens (tertiary/aromatic N) is 1. The van der Waals surface area contributed by atoms with E-state index < -0.39 is 5.54 Å². The Morgan fingerprint density at radius 3 is 2.54 bits per heavy atom. The third-order valence-electron chi connectivity index (χ3n) is 5.11. The smallest absolute Gasteiger partial charge is 0.254 e. The minimum atomic E-state index is -0.577. The molecule has 2 rings (SSSR count). The summed E-state index contributed by atoms with van der Waals surface area (Å²) in [6, 6.07) is 5.83. The number of allylic oxidation sites excluding steroid dienone is 5. The first-order valence-electron chi connectivity index (χ1n) is 9.49. The van der Waals surface area contributed by atoms with E-state index in [1.807, 2.05) is 38.1 Å². The molecule has 0 bridgehead atoms. The molecule has 0 aliphatic carbocycles. The third-order valence-corrected chi connectivity index (χ3v) is 5.11. The number of benzene rings is 1. The van der Waals surface area contributed by atoms with Gasteiger partial charge in [0.15, 0.2) is 0 Å². The quantitative estimate of drug-likeness (QED) is 0.537. The number of amides is 1. The predicted octanol–water partition coefficient (Wildman–Crippen LogP) is 5.35. The van der Waals surface area contributed by atoms with Crippen LogP contribution < -0.4 is 10.6 Å². The second-order valence-corrected chi connectivity index (χ2v) is 7.74. The molecule has 0 spiro atoms. The van der Waals surface area contributed by atoms with Crippen LogP contribution in [0, 0.1) is 6.92 Å². The molecule has 28 heavy (non-hydrogen) atoms. The molecule has 4 nitrogen and oxygen atoms in total. The lowest BCUT2D eigenvalue weighted by atomic mass is 9.90. The average Bonchev–Trinajstić information content (AvgIpc) is 2.72. The normalized spacial score (nSPS) is 21.3. The maximum absolute atomic E-state index is 12.8. The number of rotatable bonds is 5. The van der Waals surface area contributed by atoms with Crippen molar-refractivity contribution in [1.82, 2.24) is 5.32 Å². The lowest BCUT2D eigenvalue weighted by Crippen LogP contribution is -2.47. The van der Waals surface area contributed by atoms with Crippen molar-refractivity contribution in [1.29, 1.82) is 0 Å². The van der Waals surface area contributed by atoms with Gasteiger partial charge in [0.1, 0.15) is 0 Å². The van der Waals surface area contributed by atoms with Gasteiger partial charge in [-0.05, 0) is 70.4 Å². The maximum atomic E-state index is 12.8. The Hall–Kier alpha value is -2.88. The molecular formula is C24H31N3O. The first-order valence-corrected chi connectivity index (χ1v) is 9.49. The van der Waals surface area contributed by atoms with Crippen molar-refractivity contribution >= 4 is 17.8 Å². The molecular weight excluding hydrogens is 346 g/mol. The summed E-state index contributed by atoms with van der Waals surface area (Å²) >= 11 is 0. The maximum Gasteiger partial charge on any atom is 0.254 e. The fourth-order valence-electron chi connectivity index (χ4n) is 3.13. The Balaban J connectivity index is 2.23. The topological polar surface area (TPSA) is 53.5 Å². The van der Waals surface area contributed by atoms with Gasteiger partial charge in [-0.1, -0.05) is 35.9 Å². The molecule has 148 valence electrons. The van der Waals surface area contributed by atoms with Crippen LogP contribution >= 0.6 is 0 Å². The van der Waals surface area contributed by atoms with Gasteiger partial charge in [0, 0.05) is 19.0 Å². The first-order chi connectivity index (χ1) is 13.2. The summed E-state index contributed by atoms with van der Waals surface area (Å²) in [5.41, 5.74) is 6.21. The Kier molecular flexibility index (Phi) is 6.79. The zero-order chi connectivity index (χ0) is 20.9. The van der Waals surface area contributed by atoms with E-state index in [0.29, 0.717) is 12.0 Å². The molecule has 1 heterocycles. The molecule has 1 aromatic rings. The standard InChI is InChI=1S/C24H31N3O/c1-16-9-11-22-21(14-16)23(28)27-24(6,20(5)26-22)15-17(2)8-10-18(3)19(4)12-13-25-7/h8-14,26H,5,15H2,1-4,6-7H3,(H,27,28)/b17-8+,18-10+,19-12+,25-13?/t24-/m0/s1. The molecule has 0 saturated carbocycles. The van der Waals surface area contributed by atoms with Gasteiger partial charge in [0.05, 0.1) is 16.8 Å². The van der Waals surface area contributed by atoms with E-state index in [2.05, 4.69) is 55.1 Å². The van der Waals surface area contributed by atoms with E-state index in [1.54, 1.807) is 13.3 Å². The summed E-state index contributed by atoms with van der Waals surface area (Å²) in [5, 5.41) is 6.50. The van der Waals surface area contributed by atoms with Gasteiger partial charge in [0.25, 0.3) is 5.91 Å². The number of anilines is 1. The SMILES string of the molecule is C=C1Nc2ccc(C)cc2C(=O)N[C@@]1(C)C/C(C)=C/C=C(C)/C(C)=C/C=NC. The van der Waals surface area contributed by atoms with Crippen molar-refractivity contribution < 1.29 is 4.79 Å². The van der Waals surface area contributed by atoms with Crippen molar-refractivity contribution in [2.24, 2.45) is 4.99 Å². The van der Waals surface area contributed by atoms with Crippen LogP contribution in [0.3, 0.4) is 0 Å². The van der Waals surface area contributed by atoms with Gasteiger partial charge in [-0.15, -0.1) is 0 Å². The van der Waals surface area contributed by atoms with Crippen molar-refractivity contribution in [2.75, 3.05) is 12.4 Å². The van der Waals surface area contributed by atoms with Gasteiger partial charge in [-0.25, -0.2) is 0 Å². The minimum absolute atomic E-state index is 0.0792. The summed E-state index contributed by atoms with van der Waals surface area (Å²) in [7, 11) is 1.76. The van der Waals surface area contributed by atoms with Gasteiger partial charge in [0.2, 0.25) is 0 Å². The Bertz CT molecular complexity index is 902. The van der Waals surface area contributed by atoms with E-state index in [0.717, 1.165) is 22.5 Å². The molecule has 1 aliphatic heterocycles. The number of fused-ring (bicyclic) bond motifs is 1. The molecule has 0 aromatic heterocycles. The van der Waals surface area contributed by atoms with E-state index >= 15 is 0 Å². The number of nitrogens with one attached hydrogen (secondary N) is 2. The Labute approximate surface area is 168 Å². The van der Waals surface area contributed by atoms with Crippen molar-refractivity contribution in [2.45, 2.75) is 46.6 Å². The molecule has 1 amide bonds. The fourth-order valence-corrected chi connectivity index (χ4v) is 3.13. The highest BCUT2D eigenvalue weighted by molar-refractivity contribution is 6.01. The number of carbonyl (C=O) groups excluding carboxylic acids is 1.